The lowest BCUT2D eigenvalue weighted by molar-refractivity contribution is -0.289. The van der Waals surface area contributed by atoms with Gasteiger partial charge >= 0.3 is 12.1 Å². The topological polar surface area (TPSA) is 12.0 Å². The predicted molar refractivity (Wildman–Crippen MR) is 58.6 cm³/mol. The average molecular weight is 267 g/mol. The molecule has 0 radical (unpaired) electrons. The number of hydrogen-bond acceptors (Lipinski definition) is 1. The van der Waals surface area contributed by atoms with E-state index in [2.05, 4.69) is 5.32 Å². The molecule has 0 fully saturated rings. The van der Waals surface area contributed by atoms with Gasteiger partial charge in [0.05, 0.1) is 0 Å². The van der Waals surface area contributed by atoms with Crippen molar-refractivity contribution < 1.29 is 22.0 Å². The van der Waals surface area contributed by atoms with Gasteiger partial charge in [0.1, 0.15) is 0 Å². The fourth-order valence-electron chi connectivity index (χ4n) is 1.51. The van der Waals surface area contributed by atoms with Crippen molar-refractivity contribution in [3.05, 3.63) is 35.4 Å². The van der Waals surface area contributed by atoms with Crippen LogP contribution in [0.25, 0.3) is 0 Å². The van der Waals surface area contributed by atoms with Gasteiger partial charge in [-0.15, -0.1) is 0 Å². The van der Waals surface area contributed by atoms with Crippen LogP contribution in [0.15, 0.2) is 24.3 Å². The summed E-state index contributed by atoms with van der Waals surface area (Å²) in [6.07, 6.45) is -5.18. The standard InChI is InChI=1S/C12H14F5N/c1-8(18-2)6-9-4-3-5-10(7-9)11(13,14)12(15,16)17/h3-5,7-8,18H,6H2,1-2H3. The van der Waals surface area contributed by atoms with E-state index >= 15 is 0 Å². The lowest BCUT2D eigenvalue weighted by Gasteiger charge is -2.20. The molecule has 1 unspecified atom stereocenters. The smallest absolute Gasteiger partial charge is 0.317 e. The lowest BCUT2D eigenvalue weighted by atomic mass is 10.0. The molecular formula is C12H14F5N. The summed E-state index contributed by atoms with van der Waals surface area (Å²) >= 11 is 0. The number of alkyl halides is 5. The second kappa shape index (κ2) is 5.22. The van der Waals surface area contributed by atoms with Crippen molar-refractivity contribution in [2.75, 3.05) is 7.05 Å². The van der Waals surface area contributed by atoms with Crippen LogP contribution in [0, 0.1) is 0 Å². The quantitative estimate of drug-likeness (QED) is 0.823. The van der Waals surface area contributed by atoms with E-state index in [1.165, 1.54) is 12.1 Å². The molecule has 1 N–H and O–H groups in total. The molecule has 0 saturated heterocycles. The van der Waals surface area contributed by atoms with Gasteiger partial charge in [0.15, 0.2) is 0 Å². The zero-order valence-electron chi connectivity index (χ0n) is 9.98. The van der Waals surface area contributed by atoms with Crippen molar-refractivity contribution >= 4 is 0 Å². The van der Waals surface area contributed by atoms with Crippen LogP contribution in [-0.4, -0.2) is 19.3 Å². The van der Waals surface area contributed by atoms with Crippen molar-refractivity contribution in [1.82, 2.24) is 5.32 Å². The van der Waals surface area contributed by atoms with Gasteiger partial charge in [-0.3, -0.25) is 0 Å². The van der Waals surface area contributed by atoms with E-state index in [1.807, 2.05) is 6.92 Å². The van der Waals surface area contributed by atoms with E-state index in [0.29, 0.717) is 12.0 Å². The number of nitrogens with one attached hydrogen (secondary N) is 1. The van der Waals surface area contributed by atoms with Gasteiger partial charge in [0.2, 0.25) is 0 Å². The first-order chi connectivity index (χ1) is 8.18. The molecule has 0 amide bonds. The van der Waals surface area contributed by atoms with Crippen LogP contribution in [0.4, 0.5) is 22.0 Å². The lowest BCUT2D eigenvalue weighted by Crippen LogP contribution is -2.33. The summed E-state index contributed by atoms with van der Waals surface area (Å²) in [5.41, 5.74) is -0.575. The molecule has 1 aromatic carbocycles. The Labute approximate surface area is 102 Å². The highest BCUT2D eigenvalue weighted by Crippen LogP contribution is 2.43. The largest absolute Gasteiger partial charge is 0.458 e. The highest BCUT2D eigenvalue weighted by molar-refractivity contribution is 5.28. The molecule has 0 aromatic heterocycles. The molecule has 1 atom stereocenters. The van der Waals surface area contributed by atoms with Crippen molar-refractivity contribution in [1.29, 1.82) is 0 Å². The molecule has 1 nitrogen and oxygen atoms in total. The van der Waals surface area contributed by atoms with Crippen LogP contribution in [-0.2, 0) is 12.3 Å². The molecule has 18 heavy (non-hydrogen) atoms. The molecule has 0 aliphatic carbocycles. The first-order valence-electron chi connectivity index (χ1n) is 5.39. The van der Waals surface area contributed by atoms with Crippen LogP contribution in [0.2, 0.25) is 0 Å². The molecule has 0 aliphatic rings. The maximum Gasteiger partial charge on any atom is 0.458 e. The number of halogens is 5. The third-order valence-corrected chi connectivity index (χ3v) is 2.68. The first kappa shape index (κ1) is 14.9. The fraction of sp³-hybridized carbons (Fsp3) is 0.500. The summed E-state index contributed by atoms with van der Waals surface area (Å²) in [6.45, 7) is 1.81. The average Bonchev–Trinajstić information content (AvgIpc) is 2.27. The minimum atomic E-state index is -5.57. The third-order valence-electron chi connectivity index (χ3n) is 2.68. The molecule has 0 saturated carbocycles. The van der Waals surface area contributed by atoms with E-state index in [0.717, 1.165) is 12.1 Å². The zero-order chi connectivity index (χ0) is 14.0. The van der Waals surface area contributed by atoms with Gasteiger partial charge < -0.3 is 5.32 Å². The highest BCUT2D eigenvalue weighted by atomic mass is 19.4. The zero-order valence-corrected chi connectivity index (χ0v) is 9.98. The van der Waals surface area contributed by atoms with Crippen LogP contribution in [0.3, 0.4) is 0 Å². The van der Waals surface area contributed by atoms with Crippen LogP contribution >= 0.6 is 0 Å². The van der Waals surface area contributed by atoms with Crippen molar-refractivity contribution in [3.63, 3.8) is 0 Å². The van der Waals surface area contributed by atoms with E-state index in [9.17, 15) is 22.0 Å². The number of rotatable bonds is 4. The van der Waals surface area contributed by atoms with Gasteiger partial charge in [0, 0.05) is 11.6 Å². The molecule has 6 heteroatoms. The highest BCUT2D eigenvalue weighted by Gasteiger charge is 2.58. The fourth-order valence-corrected chi connectivity index (χ4v) is 1.51. The van der Waals surface area contributed by atoms with Crippen LogP contribution in [0.1, 0.15) is 18.1 Å². The third kappa shape index (κ3) is 3.19. The van der Waals surface area contributed by atoms with Gasteiger partial charge in [-0.1, -0.05) is 18.2 Å². The summed E-state index contributed by atoms with van der Waals surface area (Å²) < 4.78 is 62.9. The number of hydrogen-bond donors (Lipinski definition) is 1. The van der Waals surface area contributed by atoms with Gasteiger partial charge in [-0.25, -0.2) is 0 Å². The van der Waals surface area contributed by atoms with Gasteiger partial charge in [0.25, 0.3) is 0 Å². The number of benzene rings is 1. The second-order valence-electron chi connectivity index (χ2n) is 4.17. The maximum absolute atomic E-state index is 13.1. The Kier molecular flexibility index (Phi) is 4.32. The second-order valence-corrected chi connectivity index (χ2v) is 4.17. The Hall–Kier alpha value is -1.17. The molecular weight excluding hydrogens is 253 g/mol. The van der Waals surface area contributed by atoms with E-state index in [-0.39, 0.29) is 6.04 Å². The molecule has 102 valence electrons. The molecule has 0 spiro atoms. The van der Waals surface area contributed by atoms with Crippen molar-refractivity contribution in [3.8, 4) is 0 Å². The molecule has 0 heterocycles. The van der Waals surface area contributed by atoms with E-state index in [1.54, 1.807) is 7.05 Å². The Balaban J connectivity index is 3.02. The van der Waals surface area contributed by atoms with Gasteiger partial charge in [-0.2, -0.15) is 22.0 Å². The normalized spacial score (nSPS) is 14.6. The molecule has 0 aliphatic heterocycles. The summed E-state index contributed by atoms with van der Waals surface area (Å²) in [7, 11) is 1.69. The van der Waals surface area contributed by atoms with E-state index < -0.39 is 17.7 Å². The minimum absolute atomic E-state index is 0.000223. The molecule has 0 bridgehead atoms. The summed E-state index contributed by atoms with van der Waals surface area (Å²) in [6, 6.07) is 4.44. The molecule has 1 rings (SSSR count). The van der Waals surface area contributed by atoms with E-state index in [4.69, 9.17) is 0 Å². The summed E-state index contributed by atoms with van der Waals surface area (Å²) in [5.74, 6) is -4.81. The maximum atomic E-state index is 13.1. The Bertz CT molecular complexity index is 400. The number of likely N-dealkylation sites (N-methyl/N-ethyl adjacent to an activating group) is 1. The monoisotopic (exact) mass is 267 g/mol. The van der Waals surface area contributed by atoms with Crippen molar-refractivity contribution in [2.24, 2.45) is 0 Å². The summed E-state index contributed by atoms with van der Waals surface area (Å²) in [4.78, 5) is 0. The Morgan fingerprint density at radius 3 is 2.28 bits per heavy atom. The van der Waals surface area contributed by atoms with Crippen molar-refractivity contribution in [2.45, 2.75) is 31.5 Å². The Morgan fingerprint density at radius 1 is 1.17 bits per heavy atom. The first-order valence-corrected chi connectivity index (χ1v) is 5.39. The van der Waals surface area contributed by atoms with Gasteiger partial charge in [-0.05, 0) is 32.0 Å². The summed E-state index contributed by atoms with van der Waals surface area (Å²) in [5, 5.41) is 2.89. The molecule has 1 aromatic rings. The predicted octanol–water partition coefficient (Wildman–Crippen LogP) is 3.49. The minimum Gasteiger partial charge on any atom is -0.317 e. The van der Waals surface area contributed by atoms with Crippen LogP contribution in [0.5, 0.6) is 0 Å². The Morgan fingerprint density at radius 2 is 1.78 bits per heavy atom. The van der Waals surface area contributed by atoms with Crippen LogP contribution < -0.4 is 5.32 Å². The SMILES string of the molecule is CNC(C)Cc1cccc(C(F)(F)C(F)(F)F)c1.